The standard InChI is InChI=1S/C16H16N2O/c1-2-3-4-9-16(19)18-12-13-10-11-17-15-8-6-5-7-14(13)15/h2-11H,12H2,1H3,(H,18,19). The number of carbonyl (C=O) groups is 1. The highest BCUT2D eigenvalue weighted by atomic mass is 16.1. The Hall–Kier alpha value is -2.42. The molecule has 0 spiro atoms. The molecule has 2 aromatic rings. The van der Waals surface area contributed by atoms with Crippen molar-refractivity contribution in [3.8, 4) is 0 Å². The van der Waals surface area contributed by atoms with Crippen molar-refractivity contribution in [1.82, 2.24) is 10.3 Å². The first-order valence-corrected chi connectivity index (χ1v) is 6.21. The van der Waals surface area contributed by atoms with Crippen LogP contribution in [0.1, 0.15) is 12.5 Å². The smallest absolute Gasteiger partial charge is 0.244 e. The van der Waals surface area contributed by atoms with Gasteiger partial charge in [-0.3, -0.25) is 9.78 Å². The van der Waals surface area contributed by atoms with Crippen LogP contribution in [0.5, 0.6) is 0 Å². The molecule has 0 saturated carbocycles. The Morgan fingerprint density at radius 1 is 1.26 bits per heavy atom. The molecule has 1 N–H and O–H groups in total. The molecule has 0 aliphatic heterocycles. The predicted molar refractivity (Wildman–Crippen MR) is 77.5 cm³/mol. The minimum atomic E-state index is -0.0982. The van der Waals surface area contributed by atoms with Crippen LogP contribution in [0.4, 0.5) is 0 Å². The molecule has 1 aromatic carbocycles. The summed E-state index contributed by atoms with van der Waals surface area (Å²) >= 11 is 0. The molecule has 0 atom stereocenters. The summed E-state index contributed by atoms with van der Waals surface area (Å²) < 4.78 is 0. The van der Waals surface area contributed by atoms with Crippen molar-refractivity contribution in [2.24, 2.45) is 0 Å². The van der Waals surface area contributed by atoms with Crippen LogP contribution in [0.3, 0.4) is 0 Å². The summed E-state index contributed by atoms with van der Waals surface area (Å²) in [5.41, 5.74) is 2.01. The maximum atomic E-state index is 11.6. The first-order valence-electron chi connectivity index (χ1n) is 6.21. The van der Waals surface area contributed by atoms with E-state index >= 15 is 0 Å². The van der Waals surface area contributed by atoms with E-state index in [-0.39, 0.29) is 5.91 Å². The fraction of sp³-hybridized carbons (Fsp3) is 0.125. The highest BCUT2D eigenvalue weighted by Gasteiger charge is 2.02. The van der Waals surface area contributed by atoms with Crippen LogP contribution in [0.2, 0.25) is 0 Å². The number of benzene rings is 1. The van der Waals surface area contributed by atoms with Gasteiger partial charge in [-0.15, -0.1) is 0 Å². The number of nitrogens with one attached hydrogen (secondary N) is 1. The van der Waals surface area contributed by atoms with E-state index < -0.39 is 0 Å². The van der Waals surface area contributed by atoms with Crippen molar-refractivity contribution in [3.05, 3.63) is 66.4 Å². The molecule has 96 valence electrons. The Balaban J connectivity index is 2.08. The first-order chi connectivity index (χ1) is 9.31. The van der Waals surface area contributed by atoms with Gasteiger partial charge in [0.15, 0.2) is 0 Å². The molecule has 1 heterocycles. The molecule has 3 heteroatoms. The maximum absolute atomic E-state index is 11.6. The molecule has 3 nitrogen and oxygen atoms in total. The molecule has 19 heavy (non-hydrogen) atoms. The Labute approximate surface area is 112 Å². The summed E-state index contributed by atoms with van der Waals surface area (Å²) in [5, 5.41) is 3.93. The lowest BCUT2D eigenvalue weighted by Crippen LogP contribution is -2.20. The Morgan fingerprint density at radius 2 is 2.11 bits per heavy atom. The molecule has 1 amide bonds. The molecule has 0 bridgehead atoms. The van der Waals surface area contributed by atoms with Crippen molar-refractivity contribution < 1.29 is 4.79 Å². The zero-order valence-electron chi connectivity index (χ0n) is 10.8. The van der Waals surface area contributed by atoms with Gasteiger partial charge < -0.3 is 5.32 Å². The minimum absolute atomic E-state index is 0.0982. The number of nitrogens with zero attached hydrogens (tertiary/aromatic N) is 1. The molecule has 0 unspecified atom stereocenters. The number of para-hydroxylation sites is 1. The summed E-state index contributed by atoms with van der Waals surface area (Å²) in [6, 6.07) is 9.84. The van der Waals surface area contributed by atoms with Gasteiger partial charge >= 0.3 is 0 Å². The number of aromatic nitrogens is 1. The first kappa shape index (κ1) is 13.0. The van der Waals surface area contributed by atoms with Gasteiger partial charge in [0.2, 0.25) is 5.91 Å². The summed E-state index contributed by atoms with van der Waals surface area (Å²) in [4.78, 5) is 15.9. The zero-order chi connectivity index (χ0) is 13.5. The van der Waals surface area contributed by atoms with Crippen LogP contribution in [-0.2, 0) is 11.3 Å². The summed E-state index contributed by atoms with van der Waals surface area (Å²) in [7, 11) is 0. The lowest BCUT2D eigenvalue weighted by molar-refractivity contribution is -0.116. The van der Waals surface area contributed by atoms with Crippen LogP contribution < -0.4 is 5.32 Å². The molecule has 0 saturated heterocycles. The van der Waals surface area contributed by atoms with E-state index in [2.05, 4.69) is 10.3 Å². The monoisotopic (exact) mass is 252 g/mol. The van der Waals surface area contributed by atoms with Crippen LogP contribution in [0, 0.1) is 0 Å². The second-order valence-corrected chi connectivity index (χ2v) is 4.09. The molecular weight excluding hydrogens is 236 g/mol. The fourth-order valence-electron chi connectivity index (χ4n) is 1.80. The number of hydrogen-bond acceptors (Lipinski definition) is 2. The third-order valence-electron chi connectivity index (χ3n) is 2.74. The summed E-state index contributed by atoms with van der Waals surface area (Å²) in [6.45, 7) is 2.41. The molecule has 2 rings (SSSR count). The van der Waals surface area contributed by atoms with E-state index in [1.54, 1.807) is 12.3 Å². The van der Waals surface area contributed by atoms with E-state index in [1.807, 2.05) is 49.4 Å². The number of pyridine rings is 1. The Bertz CT molecular complexity index is 624. The normalized spacial score (nSPS) is 11.4. The van der Waals surface area contributed by atoms with Crippen molar-refractivity contribution in [2.45, 2.75) is 13.5 Å². The van der Waals surface area contributed by atoms with Gasteiger partial charge in [0.1, 0.15) is 0 Å². The van der Waals surface area contributed by atoms with Gasteiger partial charge in [0, 0.05) is 24.2 Å². The second-order valence-electron chi connectivity index (χ2n) is 4.09. The second kappa shape index (κ2) is 6.50. The lowest BCUT2D eigenvalue weighted by Gasteiger charge is -2.06. The number of rotatable bonds is 4. The van der Waals surface area contributed by atoms with Gasteiger partial charge in [0.25, 0.3) is 0 Å². The highest BCUT2D eigenvalue weighted by Crippen LogP contribution is 2.15. The number of allylic oxidation sites excluding steroid dienone is 3. The number of amides is 1. The minimum Gasteiger partial charge on any atom is -0.348 e. The van der Waals surface area contributed by atoms with E-state index in [9.17, 15) is 4.79 Å². The van der Waals surface area contributed by atoms with Crippen molar-refractivity contribution in [2.75, 3.05) is 0 Å². The predicted octanol–water partition coefficient (Wildman–Crippen LogP) is 2.98. The summed E-state index contributed by atoms with van der Waals surface area (Å²) in [5.74, 6) is -0.0982. The average molecular weight is 252 g/mol. The lowest BCUT2D eigenvalue weighted by atomic mass is 10.1. The number of fused-ring (bicyclic) bond motifs is 1. The van der Waals surface area contributed by atoms with E-state index in [0.717, 1.165) is 16.5 Å². The zero-order valence-corrected chi connectivity index (χ0v) is 10.8. The van der Waals surface area contributed by atoms with Crippen molar-refractivity contribution >= 4 is 16.8 Å². The SMILES string of the molecule is CC=CC=CC(=O)NCc1ccnc2ccccc12. The third-order valence-corrected chi connectivity index (χ3v) is 2.74. The highest BCUT2D eigenvalue weighted by molar-refractivity contribution is 5.88. The maximum Gasteiger partial charge on any atom is 0.244 e. The van der Waals surface area contributed by atoms with Crippen molar-refractivity contribution in [1.29, 1.82) is 0 Å². The Kier molecular flexibility index (Phi) is 4.45. The van der Waals surface area contributed by atoms with Crippen LogP contribution >= 0.6 is 0 Å². The van der Waals surface area contributed by atoms with E-state index in [0.29, 0.717) is 6.54 Å². The number of hydrogen-bond donors (Lipinski definition) is 1. The molecule has 0 radical (unpaired) electrons. The fourth-order valence-corrected chi connectivity index (χ4v) is 1.80. The van der Waals surface area contributed by atoms with Gasteiger partial charge in [-0.2, -0.15) is 0 Å². The van der Waals surface area contributed by atoms with Crippen LogP contribution in [0.15, 0.2) is 60.8 Å². The van der Waals surface area contributed by atoms with E-state index in [1.165, 1.54) is 6.08 Å². The summed E-state index contributed by atoms with van der Waals surface area (Å²) in [6.07, 6.45) is 8.70. The molecule has 0 aliphatic carbocycles. The van der Waals surface area contributed by atoms with E-state index in [4.69, 9.17) is 0 Å². The van der Waals surface area contributed by atoms with Crippen LogP contribution in [0.25, 0.3) is 10.9 Å². The number of carbonyl (C=O) groups excluding carboxylic acids is 1. The van der Waals surface area contributed by atoms with Crippen molar-refractivity contribution in [3.63, 3.8) is 0 Å². The largest absolute Gasteiger partial charge is 0.348 e. The quantitative estimate of drug-likeness (QED) is 0.671. The Morgan fingerprint density at radius 3 is 2.95 bits per heavy atom. The van der Waals surface area contributed by atoms with Gasteiger partial charge in [0.05, 0.1) is 5.52 Å². The molecule has 1 aromatic heterocycles. The molecule has 0 fully saturated rings. The van der Waals surface area contributed by atoms with Gasteiger partial charge in [-0.25, -0.2) is 0 Å². The van der Waals surface area contributed by atoms with Gasteiger partial charge in [-0.05, 0) is 24.6 Å². The third kappa shape index (κ3) is 3.52. The van der Waals surface area contributed by atoms with Gasteiger partial charge in [-0.1, -0.05) is 36.4 Å². The average Bonchev–Trinajstić information content (AvgIpc) is 2.45. The molecular formula is C16H16N2O. The molecule has 0 aliphatic rings. The van der Waals surface area contributed by atoms with Crippen LogP contribution in [-0.4, -0.2) is 10.9 Å². The topological polar surface area (TPSA) is 42.0 Å².